The molecule has 0 bridgehead atoms. The largest absolute Gasteiger partial charge is 0.431 e. The Bertz CT molecular complexity index is 969. The molecule has 0 radical (unpaired) electrons. The Balaban J connectivity index is 2.10. The summed E-state index contributed by atoms with van der Waals surface area (Å²) in [6, 6.07) is 5.07. The number of rotatable bonds is 3. The summed E-state index contributed by atoms with van der Waals surface area (Å²) in [5, 5.41) is 0. The Morgan fingerprint density at radius 1 is 1.00 bits per heavy atom. The van der Waals surface area contributed by atoms with Gasteiger partial charge in [0.1, 0.15) is 17.0 Å². The predicted octanol–water partition coefficient (Wildman–Crippen LogP) is 4.82. The molecule has 0 unspecified atom stereocenters. The third-order valence-electron chi connectivity index (χ3n) is 4.25. The molecule has 1 saturated carbocycles. The van der Waals surface area contributed by atoms with Gasteiger partial charge in [0.2, 0.25) is 0 Å². The summed E-state index contributed by atoms with van der Waals surface area (Å²) < 4.78 is 93.2. The molecule has 1 amide bonds. The lowest BCUT2D eigenvalue weighted by Gasteiger charge is -2.16. The first kappa shape index (κ1) is 20.1. The summed E-state index contributed by atoms with van der Waals surface area (Å²) in [7, 11) is 0. The Kier molecular flexibility index (Phi) is 5.07. The second-order valence-corrected chi connectivity index (χ2v) is 6.40. The first-order chi connectivity index (χ1) is 13.0. The molecule has 150 valence electrons. The number of aromatic nitrogens is 1. The van der Waals surface area contributed by atoms with E-state index in [1.165, 1.54) is 0 Å². The maximum absolute atomic E-state index is 14.1. The van der Waals surface area contributed by atoms with Gasteiger partial charge in [-0.2, -0.15) is 31.3 Å². The van der Waals surface area contributed by atoms with Crippen LogP contribution in [0.25, 0.3) is 0 Å². The van der Waals surface area contributed by atoms with Crippen molar-refractivity contribution < 1.29 is 35.5 Å². The molecule has 1 fully saturated rings. The van der Waals surface area contributed by atoms with Crippen molar-refractivity contribution in [2.24, 2.45) is 10.9 Å². The van der Waals surface area contributed by atoms with Gasteiger partial charge in [-0.25, -0.2) is 4.39 Å². The third-order valence-corrected chi connectivity index (χ3v) is 4.25. The molecule has 10 heteroatoms. The zero-order chi connectivity index (χ0) is 20.7. The molecule has 0 spiro atoms. The molecule has 0 aliphatic heterocycles. The molecule has 3 nitrogen and oxygen atoms in total. The quantitative estimate of drug-likeness (QED) is 0.674. The third kappa shape index (κ3) is 4.26. The van der Waals surface area contributed by atoms with Gasteiger partial charge >= 0.3 is 12.4 Å². The van der Waals surface area contributed by atoms with E-state index >= 15 is 0 Å². The first-order valence-corrected chi connectivity index (χ1v) is 8.20. The van der Waals surface area contributed by atoms with Crippen LogP contribution in [0, 0.1) is 11.7 Å². The molecule has 1 heterocycles. The molecule has 3 rings (SSSR count). The molecule has 0 atom stereocenters. The van der Waals surface area contributed by atoms with Gasteiger partial charge in [0.15, 0.2) is 0 Å². The van der Waals surface area contributed by atoms with Crippen LogP contribution in [0.15, 0.2) is 41.4 Å². The summed E-state index contributed by atoms with van der Waals surface area (Å²) in [4.78, 5) is 15.7. The zero-order valence-electron chi connectivity index (χ0n) is 14.1. The van der Waals surface area contributed by atoms with Crippen molar-refractivity contribution >= 4 is 5.91 Å². The van der Waals surface area contributed by atoms with E-state index in [4.69, 9.17) is 0 Å². The van der Waals surface area contributed by atoms with Gasteiger partial charge in [-0.1, -0.05) is 12.1 Å². The summed E-state index contributed by atoms with van der Waals surface area (Å²) in [6.07, 6.45) is -8.31. The number of benzene rings is 1. The Hall–Kier alpha value is -2.65. The number of halogens is 7. The minimum absolute atomic E-state index is 0.0113. The average Bonchev–Trinajstić information content (AvgIpc) is 3.38. The number of hydrogen-bond acceptors (Lipinski definition) is 1. The van der Waals surface area contributed by atoms with Crippen LogP contribution in [-0.4, -0.2) is 10.5 Å². The predicted molar refractivity (Wildman–Crippen MR) is 83.5 cm³/mol. The van der Waals surface area contributed by atoms with Crippen molar-refractivity contribution in [3.63, 3.8) is 0 Å². The fourth-order valence-electron chi connectivity index (χ4n) is 2.70. The minimum atomic E-state index is -5.03. The van der Waals surface area contributed by atoms with E-state index in [9.17, 15) is 35.5 Å². The van der Waals surface area contributed by atoms with Crippen molar-refractivity contribution in [1.29, 1.82) is 0 Å². The summed E-state index contributed by atoms with van der Waals surface area (Å²) >= 11 is 0. The van der Waals surface area contributed by atoms with E-state index < -0.39 is 46.4 Å². The molecule has 2 aromatic rings. The normalized spacial score (nSPS) is 15.8. The average molecular weight is 406 g/mol. The molecular weight excluding hydrogens is 393 g/mol. The lowest BCUT2D eigenvalue weighted by Crippen LogP contribution is -2.30. The maximum Gasteiger partial charge on any atom is 0.431 e. The highest BCUT2D eigenvalue weighted by Crippen LogP contribution is 2.34. The maximum atomic E-state index is 14.1. The van der Waals surface area contributed by atoms with E-state index in [-0.39, 0.29) is 12.5 Å². The van der Waals surface area contributed by atoms with Gasteiger partial charge in [-0.05, 0) is 43.0 Å². The fraction of sp³-hybridized carbons (Fsp3) is 0.333. The highest BCUT2D eigenvalue weighted by atomic mass is 19.4. The SMILES string of the molecule is O=C(N=c1cccc(C(F)(F)F)n1CC1CC1)c1cccc(C(F)(F)F)c1F. The molecule has 1 aliphatic rings. The van der Waals surface area contributed by atoms with Crippen molar-refractivity contribution in [1.82, 2.24) is 4.57 Å². The Morgan fingerprint density at radius 2 is 1.64 bits per heavy atom. The Labute approximate surface area is 154 Å². The van der Waals surface area contributed by atoms with Crippen LogP contribution >= 0.6 is 0 Å². The molecule has 1 aliphatic carbocycles. The molecule has 1 aromatic heterocycles. The topological polar surface area (TPSA) is 34.4 Å². The van der Waals surface area contributed by atoms with Crippen LogP contribution in [0.2, 0.25) is 0 Å². The van der Waals surface area contributed by atoms with Gasteiger partial charge < -0.3 is 4.57 Å². The number of amides is 1. The molecule has 0 N–H and O–H groups in total. The smallest absolute Gasteiger partial charge is 0.322 e. The zero-order valence-corrected chi connectivity index (χ0v) is 14.1. The van der Waals surface area contributed by atoms with Crippen LogP contribution < -0.4 is 5.49 Å². The van der Waals surface area contributed by atoms with Crippen LogP contribution in [0.5, 0.6) is 0 Å². The van der Waals surface area contributed by atoms with Crippen LogP contribution in [0.3, 0.4) is 0 Å². The standard InChI is InChI=1S/C18H13F7N2O/c19-15-11(3-1-4-12(15)17(20,21)22)16(28)26-14-6-2-5-13(18(23,24)25)27(14)9-10-7-8-10/h1-6,10H,7-9H2. The summed E-state index contributed by atoms with van der Waals surface area (Å²) in [5.74, 6) is -3.22. The Morgan fingerprint density at radius 3 is 2.21 bits per heavy atom. The van der Waals surface area contributed by atoms with Gasteiger partial charge in [-0.3, -0.25) is 4.79 Å². The number of hydrogen-bond donors (Lipinski definition) is 0. The van der Waals surface area contributed by atoms with Crippen LogP contribution in [-0.2, 0) is 18.9 Å². The van der Waals surface area contributed by atoms with E-state index in [1.54, 1.807) is 0 Å². The molecule has 0 saturated heterocycles. The van der Waals surface area contributed by atoms with Crippen LogP contribution in [0.4, 0.5) is 30.7 Å². The van der Waals surface area contributed by atoms with Crippen molar-refractivity contribution in [2.75, 3.05) is 0 Å². The lowest BCUT2D eigenvalue weighted by molar-refractivity contribution is -0.144. The number of alkyl halides is 6. The summed E-state index contributed by atoms with van der Waals surface area (Å²) in [6.45, 7) is -0.0487. The summed E-state index contributed by atoms with van der Waals surface area (Å²) in [5.41, 5.74) is -4.06. The van der Waals surface area contributed by atoms with E-state index in [1.807, 2.05) is 0 Å². The molecular formula is C18H13F7N2O. The van der Waals surface area contributed by atoms with E-state index in [0.29, 0.717) is 6.07 Å². The fourth-order valence-corrected chi connectivity index (χ4v) is 2.70. The second kappa shape index (κ2) is 7.06. The van der Waals surface area contributed by atoms with Crippen molar-refractivity contribution in [2.45, 2.75) is 31.7 Å². The highest BCUT2D eigenvalue weighted by molar-refractivity contribution is 5.95. The van der Waals surface area contributed by atoms with Crippen molar-refractivity contribution in [3.05, 3.63) is 64.5 Å². The van der Waals surface area contributed by atoms with Gasteiger partial charge in [-0.15, -0.1) is 0 Å². The second-order valence-electron chi connectivity index (χ2n) is 6.40. The first-order valence-electron chi connectivity index (χ1n) is 8.20. The van der Waals surface area contributed by atoms with E-state index in [2.05, 4.69) is 4.99 Å². The monoisotopic (exact) mass is 406 g/mol. The van der Waals surface area contributed by atoms with Crippen molar-refractivity contribution in [3.8, 4) is 0 Å². The lowest BCUT2D eigenvalue weighted by atomic mass is 10.1. The van der Waals surface area contributed by atoms with Gasteiger partial charge in [0.05, 0.1) is 11.1 Å². The van der Waals surface area contributed by atoms with Gasteiger partial charge in [0, 0.05) is 6.54 Å². The van der Waals surface area contributed by atoms with Crippen LogP contribution in [0.1, 0.15) is 34.5 Å². The van der Waals surface area contributed by atoms with Gasteiger partial charge in [0.25, 0.3) is 5.91 Å². The number of nitrogens with zero attached hydrogens (tertiary/aromatic N) is 2. The number of carbonyl (C=O) groups is 1. The van der Waals surface area contributed by atoms with E-state index in [0.717, 1.165) is 47.7 Å². The highest BCUT2D eigenvalue weighted by Gasteiger charge is 2.37. The molecule has 1 aromatic carbocycles. The number of carbonyl (C=O) groups excluding carboxylic acids is 1. The molecule has 28 heavy (non-hydrogen) atoms. The minimum Gasteiger partial charge on any atom is -0.322 e. The number of pyridine rings is 1.